The van der Waals surface area contributed by atoms with Crippen LogP contribution in [0.3, 0.4) is 0 Å². The maximum Gasteiger partial charge on any atom is 0.317 e. The van der Waals surface area contributed by atoms with E-state index in [9.17, 15) is 9.59 Å². The number of ether oxygens (including phenoxy) is 1. The van der Waals surface area contributed by atoms with Crippen molar-refractivity contribution in [3.05, 3.63) is 0 Å². The van der Waals surface area contributed by atoms with Gasteiger partial charge in [0.05, 0.1) is 6.61 Å². The number of carbonyl (C=O) groups is 2. The molecule has 0 radical (unpaired) electrons. The Morgan fingerprint density at radius 3 is 2.15 bits per heavy atom. The second-order valence-corrected chi connectivity index (χ2v) is 2.79. The van der Waals surface area contributed by atoms with E-state index in [1.807, 2.05) is 0 Å². The monoisotopic (exact) mass is 252 g/mol. The van der Waals surface area contributed by atoms with Crippen LogP contribution in [-0.4, -0.2) is 18.5 Å². The summed E-state index contributed by atoms with van der Waals surface area (Å²) in [5.74, 6) is -0.529. The van der Waals surface area contributed by atoms with Crippen molar-refractivity contribution in [3.8, 4) is 0 Å². The van der Waals surface area contributed by atoms with Crippen LogP contribution in [0, 0.1) is 0 Å². The van der Waals surface area contributed by atoms with E-state index in [-0.39, 0.29) is 11.9 Å². The maximum atomic E-state index is 10.8. The molecule has 0 heterocycles. The third-order valence-electron chi connectivity index (χ3n) is 1.40. The number of hydrogen-bond donors (Lipinski definition) is 0. The normalized spacial score (nSPS) is 9.38. The van der Waals surface area contributed by atoms with Crippen LogP contribution >= 0.6 is 16.3 Å². The van der Waals surface area contributed by atoms with Crippen LogP contribution in [0.5, 0.6) is 0 Å². The molecule has 0 spiro atoms. The molecule has 0 N–H and O–H groups in total. The summed E-state index contributed by atoms with van der Waals surface area (Å²) in [6.45, 7) is 2.17. The quantitative estimate of drug-likeness (QED) is 0.536. The van der Waals surface area contributed by atoms with Crippen molar-refractivity contribution < 1.29 is 18.2 Å². The first-order chi connectivity index (χ1) is 6.20. The molecule has 0 saturated carbocycles. The summed E-state index contributed by atoms with van der Waals surface area (Å²) in [6.07, 6.45) is 1.98. The molecular weight excluding hydrogens is 240 g/mol. The smallest absolute Gasteiger partial charge is 0.317 e. The summed E-state index contributed by atoms with van der Waals surface area (Å²) in [6, 6.07) is 0. The third kappa shape index (κ3) is 7.77. The van der Waals surface area contributed by atoms with Crippen LogP contribution in [-0.2, 0) is 18.2 Å². The highest BCUT2D eigenvalue weighted by atomic mass is 79.9. The van der Waals surface area contributed by atoms with Gasteiger partial charge in [0.15, 0.2) is 16.3 Å². The molecule has 4 nitrogen and oxygen atoms in total. The fraction of sp³-hybridized carbons (Fsp3) is 0.750. The van der Waals surface area contributed by atoms with E-state index in [1.165, 1.54) is 0 Å². The van der Waals surface area contributed by atoms with Gasteiger partial charge >= 0.3 is 11.9 Å². The molecule has 0 fully saturated rings. The number of hydrogen-bond acceptors (Lipinski definition) is 4. The molecule has 0 aliphatic carbocycles. The van der Waals surface area contributed by atoms with Gasteiger partial charge in [-0.2, -0.15) is 0 Å². The highest BCUT2D eigenvalue weighted by Crippen LogP contribution is 2.03. The van der Waals surface area contributed by atoms with Gasteiger partial charge < -0.3 is 8.57 Å². The molecule has 0 aromatic rings. The highest BCUT2D eigenvalue weighted by Gasteiger charge is 2.04. The van der Waals surface area contributed by atoms with Crippen LogP contribution in [0.25, 0.3) is 0 Å². The predicted octanol–water partition coefficient (Wildman–Crippen LogP) is 1.96. The molecule has 0 saturated heterocycles. The van der Waals surface area contributed by atoms with Gasteiger partial charge in [0.25, 0.3) is 0 Å². The molecule has 13 heavy (non-hydrogen) atoms. The van der Waals surface area contributed by atoms with Crippen LogP contribution in [0.2, 0.25) is 0 Å². The van der Waals surface area contributed by atoms with Crippen LogP contribution in [0.1, 0.15) is 32.6 Å². The second kappa shape index (κ2) is 8.04. The second-order valence-electron chi connectivity index (χ2n) is 2.46. The van der Waals surface area contributed by atoms with Gasteiger partial charge in [-0.3, -0.25) is 9.59 Å². The topological polar surface area (TPSA) is 52.6 Å². The van der Waals surface area contributed by atoms with Gasteiger partial charge in [0, 0.05) is 12.8 Å². The fourth-order valence-electron chi connectivity index (χ4n) is 0.810. The molecule has 0 aromatic heterocycles. The SMILES string of the molecule is CCOC(=O)CCCCC(=O)OBr. The first-order valence-corrected chi connectivity index (χ1v) is 4.82. The van der Waals surface area contributed by atoms with Gasteiger partial charge in [-0.1, -0.05) is 0 Å². The van der Waals surface area contributed by atoms with Gasteiger partial charge in [-0.25, -0.2) is 0 Å². The molecule has 0 amide bonds. The number of halogens is 1. The Labute approximate surface area is 86.0 Å². The average Bonchev–Trinajstić information content (AvgIpc) is 2.12. The van der Waals surface area contributed by atoms with E-state index in [1.54, 1.807) is 6.92 Å². The lowest BCUT2D eigenvalue weighted by atomic mass is 10.2. The van der Waals surface area contributed by atoms with Gasteiger partial charge in [-0.15, -0.1) is 0 Å². The van der Waals surface area contributed by atoms with Gasteiger partial charge in [-0.05, 0) is 19.8 Å². The highest BCUT2D eigenvalue weighted by molar-refractivity contribution is 9.06. The Morgan fingerprint density at radius 1 is 1.15 bits per heavy atom. The Kier molecular flexibility index (Phi) is 7.68. The number of esters is 1. The summed E-state index contributed by atoms with van der Waals surface area (Å²) < 4.78 is 8.97. The van der Waals surface area contributed by atoms with Crippen molar-refractivity contribution in [2.45, 2.75) is 32.6 Å². The predicted molar refractivity (Wildman–Crippen MR) is 50.1 cm³/mol. The molecule has 0 bridgehead atoms. The molecule has 5 heteroatoms. The Morgan fingerprint density at radius 2 is 1.69 bits per heavy atom. The first-order valence-electron chi connectivity index (χ1n) is 4.17. The molecule has 0 atom stereocenters. The summed E-state index contributed by atoms with van der Waals surface area (Å²) in [7, 11) is 0. The number of unbranched alkanes of at least 4 members (excludes halogenated alkanes) is 1. The molecule has 0 rings (SSSR count). The van der Waals surface area contributed by atoms with Crippen molar-refractivity contribution in [1.82, 2.24) is 0 Å². The Bertz CT molecular complexity index is 170. The minimum absolute atomic E-state index is 0.213. The van der Waals surface area contributed by atoms with E-state index in [4.69, 9.17) is 4.74 Å². The fourth-order valence-corrected chi connectivity index (χ4v) is 0.972. The minimum atomic E-state index is -0.316. The van der Waals surface area contributed by atoms with Crippen molar-refractivity contribution in [3.63, 3.8) is 0 Å². The van der Waals surface area contributed by atoms with Crippen molar-refractivity contribution >= 4 is 28.2 Å². The zero-order valence-corrected chi connectivity index (χ0v) is 9.13. The standard InChI is InChI=1S/C8H13BrO4/c1-2-12-7(10)5-3-4-6-8(11)13-9/h2-6H2,1H3. The van der Waals surface area contributed by atoms with Crippen LogP contribution in [0.15, 0.2) is 0 Å². The third-order valence-corrected chi connectivity index (χ3v) is 1.76. The number of carbonyl (C=O) groups excluding carboxylic acids is 2. The van der Waals surface area contributed by atoms with Crippen molar-refractivity contribution in [1.29, 1.82) is 0 Å². The lowest BCUT2D eigenvalue weighted by Gasteiger charge is -2.00. The molecule has 0 unspecified atom stereocenters. The van der Waals surface area contributed by atoms with E-state index in [0.717, 1.165) is 0 Å². The van der Waals surface area contributed by atoms with E-state index in [0.29, 0.717) is 32.3 Å². The lowest BCUT2D eigenvalue weighted by molar-refractivity contribution is -0.143. The van der Waals surface area contributed by atoms with Crippen LogP contribution in [0.4, 0.5) is 0 Å². The molecular formula is C8H13BrO4. The van der Waals surface area contributed by atoms with Crippen molar-refractivity contribution in [2.75, 3.05) is 6.61 Å². The minimum Gasteiger partial charge on any atom is -0.466 e. The van der Waals surface area contributed by atoms with E-state index in [2.05, 4.69) is 20.1 Å². The van der Waals surface area contributed by atoms with Gasteiger partial charge in [0.1, 0.15) is 0 Å². The lowest BCUT2D eigenvalue weighted by Crippen LogP contribution is -2.04. The summed E-state index contributed by atoms with van der Waals surface area (Å²) in [5, 5.41) is 0. The maximum absolute atomic E-state index is 10.8. The average molecular weight is 253 g/mol. The Hall–Kier alpha value is -0.580. The zero-order valence-electron chi connectivity index (χ0n) is 7.55. The van der Waals surface area contributed by atoms with E-state index >= 15 is 0 Å². The largest absolute Gasteiger partial charge is 0.466 e. The van der Waals surface area contributed by atoms with Crippen LogP contribution < -0.4 is 0 Å². The van der Waals surface area contributed by atoms with E-state index < -0.39 is 0 Å². The Balaban J connectivity index is 3.25. The zero-order chi connectivity index (χ0) is 10.1. The van der Waals surface area contributed by atoms with Gasteiger partial charge in [0.2, 0.25) is 0 Å². The summed E-state index contributed by atoms with van der Waals surface area (Å²) in [5.41, 5.74) is 0. The molecule has 0 aliphatic heterocycles. The van der Waals surface area contributed by atoms with Crippen molar-refractivity contribution in [2.24, 2.45) is 0 Å². The summed E-state index contributed by atoms with van der Waals surface area (Å²) in [4.78, 5) is 21.4. The molecule has 0 aliphatic rings. The molecule has 76 valence electrons. The summed E-state index contributed by atoms with van der Waals surface area (Å²) >= 11 is 2.58. The first kappa shape index (κ1) is 12.4. The molecule has 0 aromatic carbocycles. The number of rotatable bonds is 6.